The van der Waals surface area contributed by atoms with Gasteiger partial charge in [-0.2, -0.15) is 0 Å². The van der Waals surface area contributed by atoms with Gasteiger partial charge in [0.1, 0.15) is 42.7 Å². The van der Waals surface area contributed by atoms with E-state index in [-0.39, 0.29) is 144 Å². The summed E-state index contributed by atoms with van der Waals surface area (Å²) in [6.07, 6.45) is -13.2. The van der Waals surface area contributed by atoms with Gasteiger partial charge in [0.15, 0.2) is 0 Å². The van der Waals surface area contributed by atoms with Crippen molar-refractivity contribution in [2.24, 2.45) is 5.73 Å². The Morgan fingerprint density at radius 1 is 0.300 bits per heavy atom. The van der Waals surface area contributed by atoms with E-state index in [0.29, 0.717) is 145 Å². The maximum atomic E-state index is 12.4. The van der Waals surface area contributed by atoms with Gasteiger partial charge < -0.3 is 175 Å². The molecule has 0 aromatic carbocycles. The number of rotatable bonds is 82. The van der Waals surface area contributed by atoms with Crippen molar-refractivity contribution in [1.29, 1.82) is 0 Å². The summed E-state index contributed by atoms with van der Waals surface area (Å²) in [6.45, 7) is 5.76. The maximum absolute atomic E-state index is 12.4. The number of carboxylic acids is 1. The largest absolute Gasteiger partial charge is 0.480 e. The Hall–Kier alpha value is -5.36. The third-order valence-electron chi connectivity index (χ3n) is 14.7. The fourth-order valence-corrected chi connectivity index (χ4v) is 8.55. The van der Waals surface area contributed by atoms with Gasteiger partial charge in [-0.25, -0.2) is 4.79 Å². The summed E-state index contributed by atoms with van der Waals surface area (Å²) < 4.78 is 87.6. The van der Waals surface area contributed by atoms with Crippen LogP contribution in [0.4, 0.5) is 0 Å². The molecule has 7 amide bonds. The van der Waals surface area contributed by atoms with Crippen LogP contribution < -0.4 is 43.0 Å². The first-order valence-corrected chi connectivity index (χ1v) is 36.6. The van der Waals surface area contributed by atoms with Gasteiger partial charge in [-0.05, 0) is 19.3 Å². The van der Waals surface area contributed by atoms with Crippen molar-refractivity contribution in [3.8, 4) is 0 Å². The minimum Gasteiger partial charge on any atom is -0.480 e. The zero-order valence-electron chi connectivity index (χ0n) is 63.1. The normalized spacial score (nSPS) is 14.0. The molecule has 0 unspecified atom stereocenters. The molecule has 0 rings (SSSR count). The minimum absolute atomic E-state index is 0.0103. The molecule has 0 aliphatic rings. The summed E-state index contributed by atoms with van der Waals surface area (Å²) >= 11 is 0. The Morgan fingerprint density at radius 3 is 0.873 bits per heavy atom. The Bertz CT molecular complexity index is 2250. The molecule has 44 nitrogen and oxygen atoms in total. The fourth-order valence-electron chi connectivity index (χ4n) is 8.55. The number of nitrogens with two attached hydrogens (primary N) is 1. The Balaban J connectivity index is 3.61. The predicted octanol–water partition coefficient (Wildman–Crippen LogP) is -11.4. The lowest BCUT2D eigenvalue weighted by molar-refractivity contribution is -0.142. The fraction of sp³-hybridized carbons (Fsp3) is 0.879. The van der Waals surface area contributed by atoms with Gasteiger partial charge in [0.05, 0.1) is 270 Å². The summed E-state index contributed by atoms with van der Waals surface area (Å²) in [6, 6.07) is -1.09. The van der Waals surface area contributed by atoms with Crippen molar-refractivity contribution in [3.05, 3.63) is 0 Å². The number of unbranched alkanes of at least 4 members (excludes halogenated alkanes) is 1. The van der Waals surface area contributed by atoms with Crippen LogP contribution in [0.1, 0.15) is 32.1 Å². The molecule has 0 spiro atoms. The van der Waals surface area contributed by atoms with Gasteiger partial charge >= 0.3 is 5.97 Å². The average Bonchev–Trinajstić information content (AvgIpc) is 0.875. The first-order valence-electron chi connectivity index (χ1n) is 36.6. The van der Waals surface area contributed by atoms with Crippen molar-refractivity contribution in [1.82, 2.24) is 42.1 Å². The molecular weight excluding hydrogens is 1480 g/mol. The molecule has 20 N–H and O–H groups in total. The number of nitrogens with zero attached hydrogens (tertiary/aromatic N) is 1. The SMILES string of the molecule is NCC(=O)NCC(=O)NCC(=O)NCC(=O)NCC(=O)NCCOCCOCCOCCOCCC(=O)N[C@@H](CCCCNC(=O)CCOCCOCCOCCOCCOCCOCCOCCOCCOCCOCCOCCOCCN(C[C@H](O)[C@@H](O)[C@H](O)[C@H](O)CO)C[C@H](O)[C@@H](O)[C@H](O)[C@H](O)CO)C(=O)O. The highest BCUT2D eigenvalue weighted by atomic mass is 16.6. The molecular formula is C66H127N9O35. The summed E-state index contributed by atoms with van der Waals surface area (Å²) in [4.78, 5) is 95.8. The molecule has 0 heterocycles. The van der Waals surface area contributed by atoms with Crippen LogP contribution >= 0.6 is 0 Å². The first kappa shape index (κ1) is 105. The lowest BCUT2D eigenvalue weighted by Gasteiger charge is -2.33. The summed E-state index contributed by atoms with van der Waals surface area (Å²) in [5.41, 5.74) is 5.11. The number of aliphatic hydroxyl groups is 10. The molecule has 0 fully saturated rings. The molecule has 44 heteroatoms. The standard InChI is InChI=1S/C66H127N9O35/c67-41-57(84)70-43-59(86)72-45-61(88)73-44-60(87)71-42-58(85)69-7-11-97-15-19-101-23-21-100-18-14-96-10-5-56(83)74-50(66(93)94)3-1-2-6-68-55(82)4-9-95-13-17-99-22-25-103-27-29-105-31-33-107-35-37-109-39-40-110-38-36-108-34-32-106-30-28-104-26-24-102-20-16-98-12-8-75(46-51(78)62(89)64(91)53(80)48-76)47-52(79)63(90)65(92)54(81)49-77/h50-54,62-65,76-81,89-92H,1-49,67H2,(H,68,82)(H,69,85)(H,70,84)(H,71,87)(H,72,86)(H,73,88)(H,74,83)(H,93,94)/t50-,51-,52-,53+,54+,62+,63+,64+,65+/m0/s1. The number of hydrogen-bond acceptors (Lipinski definition) is 36. The van der Waals surface area contributed by atoms with Crippen LogP contribution in [0, 0.1) is 0 Å². The number of amides is 7. The third-order valence-corrected chi connectivity index (χ3v) is 14.7. The summed E-state index contributed by atoms with van der Waals surface area (Å²) in [7, 11) is 0. The number of ether oxygens (including phenoxy) is 16. The number of nitrogens with one attached hydrogen (secondary N) is 7. The summed E-state index contributed by atoms with van der Waals surface area (Å²) in [5, 5.41) is 125. The second-order valence-corrected chi connectivity index (χ2v) is 23.6. The molecule has 0 saturated heterocycles. The number of aliphatic carboxylic acids is 1. The molecule has 646 valence electrons. The van der Waals surface area contributed by atoms with Gasteiger partial charge in [0, 0.05) is 45.6 Å². The minimum atomic E-state index is -1.90. The van der Waals surface area contributed by atoms with Crippen LogP contribution in [-0.2, 0) is 114 Å². The highest BCUT2D eigenvalue weighted by molar-refractivity contribution is 5.91. The second-order valence-electron chi connectivity index (χ2n) is 23.6. The number of aliphatic hydroxyl groups excluding tert-OH is 10. The van der Waals surface area contributed by atoms with E-state index < -0.39 is 136 Å². The highest BCUT2D eigenvalue weighted by Crippen LogP contribution is 2.11. The Morgan fingerprint density at radius 2 is 0.564 bits per heavy atom. The third kappa shape index (κ3) is 65.1. The summed E-state index contributed by atoms with van der Waals surface area (Å²) in [5.74, 6) is -4.78. The van der Waals surface area contributed by atoms with Crippen molar-refractivity contribution in [2.75, 3.05) is 290 Å². The van der Waals surface area contributed by atoms with Crippen molar-refractivity contribution < 1.29 is 170 Å². The predicted molar refractivity (Wildman–Crippen MR) is 382 cm³/mol. The van der Waals surface area contributed by atoms with E-state index in [4.69, 9.17) is 91.7 Å². The molecule has 0 aromatic rings. The van der Waals surface area contributed by atoms with Gasteiger partial charge in [-0.15, -0.1) is 0 Å². The quantitative estimate of drug-likeness (QED) is 0.0251. The van der Waals surface area contributed by atoms with E-state index in [2.05, 4.69) is 37.2 Å². The molecule has 110 heavy (non-hydrogen) atoms. The molecule has 0 aromatic heterocycles. The molecule has 0 aliphatic heterocycles. The van der Waals surface area contributed by atoms with Crippen molar-refractivity contribution in [2.45, 2.75) is 87.0 Å². The van der Waals surface area contributed by atoms with E-state index in [1.807, 2.05) is 0 Å². The second kappa shape index (κ2) is 75.0. The van der Waals surface area contributed by atoms with Gasteiger partial charge in [0.25, 0.3) is 0 Å². The van der Waals surface area contributed by atoms with Crippen molar-refractivity contribution >= 4 is 47.3 Å². The van der Waals surface area contributed by atoms with E-state index in [9.17, 15) is 84.3 Å². The van der Waals surface area contributed by atoms with Crippen LogP contribution in [0.25, 0.3) is 0 Å². The van der Waals surface area contributed by atoms with Crippen LogP contribution in [0.15, 0.2) is 0 Å². The van der Waals surface area contributed by atoms with Gasteiger partial charge in [-0.3, -0.25) is 38.5 Å². The Labute approximate surface area is 640 Å². The van der Waals surface area contributed by atoms with E-state index in [0.717, 1.165) is 0 Å². The molecule has 0 aliphatic carbocycles. The van der Waals surface area contributed by atoms with Crippen LogP contribution in [-0.4, -0.2) is 453 Å². The molecule has 9 atom stereocenters. The number of carbonyl (C=O) groups is 8. The van der Waals surface area contributed by atoms with E-state index >= 15 is 0 Å². The zero-order chi connectivity index (χ0) is 81.3. The maximum Gasteiger partial charge on any atom is 0.326 e. The monoisotopic (exact) mass is 1610 g/mol. The zero-order valence-corrected chi connectivity index (χ0v) is 63.1. The van der Waals surface area contributed by atoms with Crippen LogP contribution in [0.2, 0.25) is 0 Å². The molecule has 0 saturated carbocycles. The van der Waals surface area contributed by atoms with E-state index in [1.165, 1.54) is 4.90 Å². The van der Waals surface area contributed by atoms with Crippen LogP contribution in [0.3, 0.4) is 0 Å². The van der Waals surface area contributed by atoms with Crippen molar-refractivity contribution in [3.63, 3.8) is 0 Å². The van der Waals surface area contributed by atoms with Crippen LogP contribution in [0.5, 0.6) is 0 Å². The first-order chi connectivity index (χ1) is 53.2. The number of carboxylic acid groups (broad SMARTS) is 1. The smallest absolute Gasteiger partial charge is 0.326 e. The molecule has 0 bridgehead atoms. The lowest BCUT2D eigenvalue weighted by atomic mass is 10.0. The number of hydrogen-bond donors (Lipinski definition) is 19. The average molecular weight is 1610 g/mol. The molecule has 0 radical (unpaired) electrons. The Kier molecular flexibility index (Phi) is 71.4. The lowest BCUT2D eigenvalue weighted by Crippen LogP contribution is -2.53. The van der Waals surface area contributed by atoms with Gasteiger partial charge in [0.2, 0.25) is 41.4 Å². The highest BCUT2D eigenvalue weighted by Gasteiger charge is 2.34. The number of carbonyl (C=O) groups excluding carboxylic acids is 7. The van der Waals surface area contributed by atoms with Gasteiger partial charge in [-0.1, -0.05) is 0 Å². The van der Waals surface area contributed by atoms with E-state index in [1.54, 1.807) is 0 Å². The topological polar surface area (TPSA) is 620 Å².